The molecule has 1 aliphatic heterocycles. The first kappa shape index (κ1) is 22.6. The number of anilines is 1. The van der Waals surface area contributed by atoms with E-state index in [1.807, 2.05) is 16.4 Å². The molecule has 2 aromatic heterocycles. The van der Waals surface area contributed by atoms with Crippen molar-refractivity contribution in [2.75, 3.05) is 11.8 Å². The van der Waals surface area contributed by atoms with Crippen LogP contribution in [0, 0.1) is 11.7 Å². The van der Waals surface area contributed by atoms with Crippen LogP contribution in [0.2, 0.25) is 0 Å². The molecule has 0 saturated heterocycles. The van der Waals surface area contributed by atoms with Gasteiger partial charge in [0.1, 0.15) is 11.5 Å². The average Bonchev–Trinajstić information content (AvgIpc) is 2.79. The molecule has 1 aromatic carbocycles. The van der Waals surface area contributed by atoms with Gasteiger partial charge >= 0.3 is 12.0 Å². The van der Waals surface area contributed by atoms with Crippen LogP contribution in [-0.4, -0.2) is 36.4 Å². The normalized spacial score (nSPS) is 17.7. The zero-order valence-electron chi connectivity index (χ0n) is 17.6. The van der Waals surface area contributed by atoms with E-state index in [1.54, 1.807) is 36.7 Å². The number of nitrogens with zero attached hydrogens (tertiary/aromatic N) is 3. The predicted octanol–water partition coefficient (Wildman–Crippen LogP) is 2.56. The Hall–Kier alpha value is -3.64. The van der Waals surface area contributed by atoms with Crippen LogP contribution in [0.1, 0.15) is 24.0 Å². The van der Waals surface area contributed by atoms with E-state index in [-0.39, 0.29) is 23.9 Å². The van der Waals surface area contributed by atoms with E-state index < -0.39 is 33.7 Å². The molecule has 4 rings (SSSR count). The smallest absolute Gasteiger partial charge is 0.321 e. The summed E-state index contributed by atoms with van der Waals surface area (Å²) in [4.78, 5) is 24.5. The van der Waals surface area contributed by atoms with E-state index in [0.717, 1.165) is 5.56 Å². The molecule has 172 valence electrons. The zero-order chi connectivity index (χ0) is 23.6. The molecule has 1 aliphatic rings. The highest BCUT2D eigenvalue weighted by Gasteiger charge is 2.36. The lowest BCUT2D eigenvalue weighted by Crippen LogP contribution is -2.32. The van der Waals surface area contributed by atoms with Crippen molar-refractivity contribution in [1.29, 1.82) is 0 Å². The van der Waals surface area contributed by atoms with Gasteiger partial charge < -0.3 is 9.47 Å². The van der Waals surface area contributed by atoms with Gasteiger partial charge in [-0.1, -0.05) is 13.0 Å². The van der Waals surface area contributed by atoms with Crippen molar-refractivity contribution in [2.45, 2.75) is 19.3 Å². The Morgan fingerprint density at radius 1 is 1.15 bits per heavy atom. The van der Waals surface area contributed by atoms with Gasteiger partial charge in [0, 0.05) is 31.7 Å². The van der Waals surface area contributed by atoms with Crippen LogP contribution < -0.4 is 18.9 Å². The summed E-state index contributed by atoms with van der Waals surface area (Å²) in [5.74, 6) is -2.08. The molecule has 2 N–H and O–H groups in total. The molecular weight excluding hydrogens is 453 g/mol. The Balaban J connectivity index is 1.55. The monoisotopic (exact) mass is 473 g/mol. The summed E-state index contributed by atoms with van der Waals surface area (Å²) in [6.45, 7) is 1.84. The zero-order valence-corrected chi connectivity index (χ0v) is 18.5. The molecule has 10 nitrogen and oxygen atoms in total. The Morgan fingerprint density at radius 3 is 2.64 bits per heavy atom. The molecule has 0 amide bonds. The van der Waals surface area contributed by atoms with Gasteiger partial charge in [-0.05, 0) is 41.7 Å². The fraction of sp³-hybridized carbons (Fsp3) is 0.238. The number of fused-ring (bicyclic) bond motifs is 1. The van der Waals surface area contributed by atoms with E-state index in [1.165, 1.54) is 19.3 Å². The van der Waals surface area contributed by atoms with Gasteiger partial charge in [-0.2, -0.15) is 8.42 Å². The van der Waals surface area contributed by atoms with E-state index in [9.17, 15) is 17.6 Å². The number of halogens is 1. The maximum atomic E-state index is 14.9. The van der Waals surface area contributed by atoms with Crippen LogP contribution >= 0.6 is 0 Å². The van der Waals surface area contributed by atoms with Gasteiger partial charge in [0.15, 0.2) is 11.6 Å². The summed E-state index contributed by atoms with van der Waals surface area (Å²) in [7, 11) is -2.76. The highest BCUT2D eigenvalue weighted by atomic mass is 32.2. The van der Waals surface area contributed by atoms with Crippen molar-refractivity contribution < 1.29 is 27.1 Å². The molecule has 0 bridgehead atoms. The predicted molar refractivity (Wildman–Crippen MR) is 116 cm³/mol. The summed E-state index contributed by atoms with van der Waals surface area (Å²) < 4.78 is 53.4. The van der Waals surface area contributed by atoms with Gasteiger partial charge in [-0.15, -0.1) is 0 Å². The number of hydrogen-bond acceptors (Lipinski definition) is 8. The summed E-state index contributed by atoms with van der Waals surface area (Å²) in [5.41, 5.74) is 0.892. The van der Waals surface area contributed by atoms with E-state index in [0.29, 0.717) is 11.5 Å². The van der Waals surface area contributed by atoms with Crippen LogP contribution in [0.3, 0.4) is 0 Å². The van der Waals surface area contributed by atoms with Crippen LogP contribution in [-0.2, 0) is 21.4 Å². The number of aromatic nitrogens is 3. The third-order valence-corrected chi connectivity index (χ3v) is 6.25. The molecule has 0 fully saturated rings. The first-order valence-corrected chi connectivity index (χ1v) is 11.4. The molecular formula is C21H20FN5O5S. The number of ether oxygens (including phenoxy) is 2. The minimum Gasteiger partial charge on any atom is -0.426 e. The Labute approximate surface area is 189 Å². The summed E-state index contributed by atoms with van der Waals surface area (Å²) >= 11 is 0. The molecule has 3 aromatic rings. The Morgan fingerprint density at radius 2 is 1.91 bits per heavy atom. The van der Waals surface area contributed by atoms with Crippen molar-refractivity contribution >= 4 is 22.0 Å². The number of hydrogen-bond donors (Lipinski definition) is 2. The van der Waals surface area contributed by atoms with Gasteiger partial charge in [-0.25, -0.2) is 24.1 Å². The van der Waals surface area contributed by atoms with Crippen LogP contribution in [0.15, 0.2) is 48.9 Å². The lowest BCUT2D eigenvalue weighted by Gasteiger charge is -2.30. The van der Waals surface area contributed by atoms with Crippen LogP contribution in [0.25, 0.3) is 0 Å². The molecule has 2 atom stereocenters. The second-order valence-electron chi connectivity index (χ2n) is 7.30. The highest BCUT2D eigenvalue weighted by molar-refractivity contribution is 7.90. The first-order chi connectivity index (χ1) is 15.8. The largest absolute Gasteiger partial charge is 0.426 e. The minimum atomic E-state index is -3.95. The lowest BCUT2D eigenvalue weighted by atomic mass is 9.81. The van der Waals surface area contributed by atoms with Crippen molar-refractivity contribution in [3.8, 4) is 17.5 Å². The Bertz CT molecular complexity index is 1290. The number of pyridine rings is 1. The Kier molecular flexibility index (Phi) is 6.20. The second-order valence-corrected chi connectivity index (χ2v) is 8.91. The summed E-state index contributed by atoms with van der Waals surface area (Å²) in [6, 6.07) is 8.27. The fourth-order valence-corrected chi connectivity index (χ4v) is 3.98. The van der Waals surface area contributed by atoms with Gasteiger partial charge in [0.2, 0.25) is 0 Å². The van der Waals surface area contributed by atoms with E-state index >= 15 is 0 Å². The maximum absolute atomic E-state index is 14.9. The number of rotatable bonds is 7. The van der Waals surface area contributed by atoms with Crippen molar-refractivity contribution in [3.05, 3.63) is 65.9 Å². The number of nitrogens with one attached hydrogen (secondary N) is 2. The first-order valence-electron chi connectivity index (χ1n) is 9.92. The van der Waals surface area contributed by atoms with E-state index in [4.69, 9.17) is 9.47 Å². The SMILES string of the molecule is CNS(=O)(=O)Nc1nccc(CC2C(=O)Oc3cc(Oc4ncccn4)ccc3C2C)c1F. The minimum absolute atomic E-state index is 0.00180. The fourth-order valence-electron chi connectivity index (χ4n) is 3.48. The molecule has 0 radical (unpaired) electrons. The lowest BCUT2D eigenvalue weighted by molar-refractivity contribution is -0.141. The third kappa shape index (κ3) is 4.91. The number of esters is 1. The van der Waals surface area contributed by atoms with Crippen LogP contribution in [0.4, 0.5) is 10.2 Å². The summed E-state index contributed by atoms with van der Waals surface area (Å²) in [6.07, 6.45) is 4.35. The molecule has 0 aliphatic carbocycles. The van der Waals surface area contributed by atoms with Gasteiger partial charge in [-0.3, -0.25) is 9.52 Å². The number of carbonyl (C=O) groups is 1. The molecule has 2 unspecified atom stereocenters. The standard InChI is InChI=1S/C21H20FN5O5S/c1-12-15-5-4-14(31-21-25-7-3-8-26-21)11-17(15)32-20(28)16(12)10-13-6-9-24-19(18(13)22)27-33(29,30)23-2/h3-9,11-12,16,23H,10H2,1-2H3,(H,24,27). The number of benzene rings is 1. The molecule has 0 spiro atoms. The van der Waals surface area contributed by atoms with Gasteiger partial charge in [0.25, 0.3) is 10.2 Å². The van der Waals surface area contributed by atoms with Crippen LogP contribution in [0.5, 0.6) is 17.5 Å². The van der Waals surface area contributed by atoms with Crippen molar-refractivity contribution in [3.63, 3.8) is 0 Å². The maximum Gasteiger partial charge on any atom is 0.321 e. The topological polar surface area (TPSA) is 132 Å². The number of carbonyl (C=O) groups excluding carboxylic acids is 1. The van der Waals surface area contributed by atoms with Crippen molar-refractivity contribution in [1.82, 2.24) is 19.7 Å². The quantitative estimate of drug-likeness (QED) is 0.395. The molecule has 12 heteroatoms. The summed E-state index contributed by atoms with van der Waals surface area (Å²) in [5, 5.41) is 0. The third-order valence-electron chi connectivity index (χ3n) is 5.25. The highest BCUT2D eigenvalue weighted by Crippen LogP contribution is 2.41. The average molecular weight is 473 g/mol. The molecule has 33 heavy (non-hydrogen) atoms. The van der Waals surface area contributed by atoms with Crippen molar-refractivity contribution in [2.24, 2.45) is 5.92 Å². The second kappa shape index (κ2) is 9.08. The molecule has 0 saturated carbocycles. The molecule has 3 heterocycles. The van der Waals surface area contributed by atoms with Gasteiger partial charge in [0.05, 0.1) is 5.92 Å². The van der Waals surface area contributed by atoms with E-state index in [2.05, 4.69) is 15.0 Å².